The van der Waals surface area contributed by atoms with Crippen molar-refractivity contribution >= 4 is 75.7 Å². The van der Waals surface area contributed by atoms with E-state index in [9.17, 15) is 29.1 Å². The number of carboxylic acids is 1. The molecule has 5 N–H and O–H groups in total. The molecule has 2 atom stereocenters. The number of esters is 1. The van der Waals surface area contributed by atoms with Crippen molar-refractivity contribution in [1.29, 1.82) is 0 Å². The minimum atomic E-state index is -1.32. The first kappa shape index (κ1) is 37.3. The Kier molecular flexibility index (Phi) is 12.7. The summed E-state index contributed by atoms with van der Waals surface area (Å²) in [5.74, 6) is -3.38. The molecule has 20 nitrogen and oxygen atoms in total. The van der Waals surface area contributed by atoms with E-state index in [0.717, 1.165) is 34.6 Å². The van der Waals surface area contributed by atoms with Crippen LogP contribution in [0.5, 0.6) is 0 Å². The number of hydrogen-bond acceptors (Lipinski definition) is 18. The summed E-state index contributed by atoms with van der Waals surface area (Å²) in [5.41, 5.74) is 4.82. The van der Waals surface area contributed by atoms with Gasteiger partial charge in [-0.05, 0) is 43.2 Å². The third-order valence-electron chi connectivity index (χ3n) is 6.37. The fourth-order valence-corrected chi connectivity index (χ4v) is 7.03. The lowest BCUT2D eigenvalue weighted by atomic mass is 10.0. The number of anilines is 1. The highest BCUT2D eigenvalue weighted by Crippen LogP contribution is 2.41. The maximum atomic E-state index is 13.3. The zero-order chi connectivity index (χ0) is 35.7. The van der Waals surface area contributed by atoms with Crippen LogP contribution in [0.15, 0.2) is 21.6 Å². The second-order valence-corrected chi connectivity index (χ2v) is 14.1. The molecule has 0 bridgehead atoms. The number of carbonyl (C=O) groups is 5. The second kappa shape index (κ2) is 16.7. The van der Waals surface area contributed by atoms with Crippen molar-refractivity contribution in [3.63, 3.8) is 0 Å². The predicted molar refractivity (Wildman–Crippen MR) is 175 cm³/mol. The highest BCUT2D eigenvalue weighted by Gasteiger charge is 2.54. The first-order valence-corrected chi connectivity index (χ1v) is 17.6. The molecule has 0 aromatic carbocycles. The molecule has 4 rings (SSSR count). The first-order chi connectivity index (χ1) is 23.3. The van der Waals surface area contributed by atoms with Gasteiger partial charge >= 0.3 is 18.0 Å². The molecule has 3 amide bonds. The van der Waals surface area contributed by atoms with E-state index in [0.29, 0.717) is 17.2 Å². The van der Waals surface area contributed by atoms with Crippen molar-refractivity contribution in [1.82, 2.24) is 45.1 Å². The number of β-lactam (4-membered cyclic amide) rings is 1. The van der Waals surface area contributed by atoms with E-state index in [1.165, 1.54) is 16.4 Å². The lowest BCUT2D eigenvalue weighted by Crippen LogP contribution is -2.71. The van der Waals surface area contributed by atoms with Crippen LogP contribution in [-0.4, -0.2) is 123 Å². The molecule has 49 heavy (non-hydrogen) atoms. The molecule has 2 aliphatic rings. The summed E-state index contributed by atoms with van der Waals surface area (Å²) >= 11 is 3.22. The number of rotatable bonds is 16. The molecule has 1 saturated heterocycles. The summed E-state index contributed by atoms with van der Waals surface area (Å²) in [6.07, 6.45) is 0.912. The third-order valence-corrected chi connectivity index (χ3v) is 9.30. The van der Waals surface area contributed by atoms with Gasteiger partial charge in [-0.25, -0.2) is 19.1 Å². The minimum Gasteiger partial charge on any atom is -0.477 e. The Labute approximate surface area is 292 Å². The molecule has 0 radical (unpaired) electrons. The molecule has 1 fully saturated rings. The maximum absolute atomic E-state index is 13.3. The fourth-order valence-electron chi connectivity index (χ4n) is 4.21. The van der Waals surface area contributed by atoms with Crippen LogP contribution in [0.2, 0.25) is 0 Å². The van der Waals surface area contributed by atoms with Gasteiger partial charge in [0.25, 0.3) is 11.8 Å². The number of unbranched alkanes of at least 4 members (excludes halogenated alkanes) is 1. The first-order valence-electron chi connectivity index (χ1n) is 14.8. The van der Waals surface area contributed by atoms with E-state index in [1.54, 1.807) is 20.8 Å². The van der Waals surface area contributed by atoms with Crippen LogP contribution in [0.1, 0.15) is 46.4 Å². The molecule has 0 aliphatic carbocycles. The molecular formula is C26H35N11O9S3. The van der Waals surface area contributed by atoms with Crippen LogP contribution in [0.25, 0.3) is 0 Å². The van der Waals surface area contributed by atoms with E-state index < -0.39 is 59.2 Å². The van der Waals surface area contributed by atoms with Gasteiger partial charge < -0.3 is 35.8 Å². The number of nitrogens with zero attached hydrogens (tertiary/aromatic N) is 8. The SMILES string of the molecule is CCCCOC(=O)CO/N=C(\C(=O)NC1C(=O)N2C(C(=O)O)=C(CSc3nnnn3CCNC(=O)OC(C)(C)C)CS[C@H]12)c1nsc(N)n1. The minimum absolute atomic E-state index is 0.0383. The topological polar surface area (TPSA) is 268 Å². The van der Waals surface area contributed by atoms with Gasteiger partial charge in [0.1, 0.15) is 22.7 Å². The van der Waals surface area contributed by atoms with Gasteiger partial charge in [-0.2, -0.15) is 9.36 Å². The summed E-state index contributed by atoms with van der Waals surface area (Å²) in [6.45, 7) is 7.21. The van der Waals surface area contributed by atoms with Gasteiger partial charge in [0, 0.05) is 29.6 Å². The van der Waals surface area contributed by atoms with Gasteiger partial charge in [-0.3, -0.25) is 14.5 Å². The zero-order valence-electron chi connectivity index (χ0n) is 26.9. The van der Waals surface area contributed by atoms with Crippen molar-refractivity contribution in [2.45, 2.75) is 69.3 Å². The number of carboxylic acid groups (broad SMARTS) is 1. The van der Waals surface area contributed by atoms with E-state index in [2.05, 4.69) is 40.7 Å². The number of hydrogen-bond donors (Lipinski definition) is 4. The molecule has 0 saturated carbocycles. The largest absolute Gasteiger partial charge is 0.477 e. The van der Waals surface area contributed by atoms with Crippen LogP contribution in [0.4, 0.5) is 9.93 Å². The Balaban J connectivity index is 1.38. The van der Waals surface area contributed by atoms with E-state index >= 15 is 0 Å². The predicted octanol–water partition coefficient (Wildman–Crippen LogP) is 0.226. The number of tetrazole rings is 1. The molecular weight excluding hydrogens is 707 g/mol. The normalized spacial score (nSPS) is 17.6. The Hall–Kier alpha value is -4.51. The Morgan fingerprint density at radius 1 is 1.24 bits per heavy atom. The molecule has 2 aromatic rings. The Bertz CT molecular complexity index is 1620. The van der Waals surface area contributed by atoms with Gasteiger partial charge in [0.2, 0.25) is 23.3 Å². The molecule has 266 valence electrons. The molecule has 23 heteroatoms. The smallest absolute Gasteiger partial charge is 0.407 e. The van der Waals surface area contributed by atoms with Crippen molar-refractivity contribution in [3.8, 4) is 0 Å². The Morgan fingerprint density at radius 2 is 2.02 bits per heavy atom. The average Bonchev–Trinajstić information content (AvgIpc) is 3.67. The maximum Gasteiger partial charge on any atom is 0.407 e. The van der Waals surface area contributed by atoms with Gasteiger partial charge in [-0.1, -0.05) is 30.3 Å². The summed E-state index contributed by atoms with van der Waals surface area (Å²) in [6, 6.07) is -1.11. The van der Waals surface area contributed by atoms with Crippen molar-refractivity contribution in [2.24, 2.45) is 5.16 Å². The number of aromatic nitrogens is 6. The average molecular weight is 742 g/mol. The lowest BCUT2D eigenvalue weighted by Gasteiger charge is -2.49. The second-order valence-electron chi connectivity index (χ2n) is 11.3. The molecule has 0 spiro atoms. The van der Waals surface area contributed by atoms with Crippen LogP contribution < -0.4 is 16.4 Å². The molecule has 4 heterocycles. The van der Waals surface area contributed by atoms with Crippen molar-refractivity contribution in [2.75, 3.05) is 37.0 Å². The summed E-state index contributed by atoms with van der Waals surface area (Å²) < 4.78 is 15.6. The number of alkyl carbamates (subject to hydrolysis) is 1. The number of nitrogen functional groups attached to an aromatic ring is 1. The number of ether oxygens (including phenoxy) is 2. The van der Waals surface area contributed by atoms with Gasteiger partial charge in [0.05, 0.1) is 13.2 Å². The van der Waals surface area contributed by atoms with Crippen molar-refractivity contribution < 1.29 is 43.4 Å². The Morgan fingerprint density at radius 3 is 2.69 bits per heavy atom. The number of oxime groups is 1. The number of fused-ring (bicyclic) bond motifs is 1. The number of nitrogens with one attached hydrogen (secondary N) is 2. The standard InChI is InChI=1S/C26H35N11O9S3/c1-5-6-9-44-14(38)10-45-32-15(18-30-23(27)49-33-18)19(39)29-16-20(40)37-17(22(41)42)13(11-47-21(16)37)12-48-24-31-34-35-36(24)8-7-28-25(43)46-26(2,3)4/h16,21H,5-12H2,1-4H3,(H,28,43)(H,29,39)(H,41,42)(H2,27,30,33)/b32-15-/t16?,21-/m1/s1. The summed E-state index contributed by atoms with van der Waals surface area (Å²) in [5, 5.41) is 30.2. The molecule has 2 aliphatic heterocycles. The number of aliphatic carboxylic acids is 1. The quantitative estimate of drug-likeness (QED) is 0.0448. The van der Waals surface area contributed by atoms with Crippen LogP contribution >= 0.6 is 35.1 Å². The highest BCUT2D eigenvalue weighted by atomic mass is 32.2. The fraction of sp³-hybridized carbons (Fsp3) is 0.577. The van der Waals surface area contributed by atoms with Gasteiger partial charge in [-0.15, -0.1) is 16.9 Å². The summed E-state index contributed by atoms with van der Waals surface area (Å²) in [4.78, 5) is 72.8. The number of carbonyl (C=O) groups excluding carboxylic acids is 4. The van der Waals surface area contributed by atoms with E-state index in [1.807, 2.05) is 6.92 Å². The lowest BCUT2D eigenvalue weighted by molar-refractivity contribution is -0.150. The van der Waals surface area contributed by atoms with Crippen molar-refractivity contribution in [3.05, 3.63) is 17.1 Å². The summed E-state index contributed by atoms with van der Waals surface area (Å²) in [7, 11) is 0. The number of thioether (sulfide) groups is 2. The van der Waals surface area contributed by atoms with Gasteiger partial charge in [0.15, 0.2) is 5.13 Å². The highest BCUT2D eigenvalue weighted by molar-refractivity contribution is 8.01. The van der Waals surface area contributed by atoms with Crippen LogP contribution in [0.3, 0.4) is 0 Å². The molecule has 1 unspecified atom stereocenters. The third kappa shape index (κ3) is 10.0. The zero-order valence-corrected chi connectivity index (χ0v) is 29.4. The van der Waals surface area contributed by atoms with E-state index in [4.69, 9.17) is 20.0 Å². The van der Waals surface area contributed by atoms with Crippen LogP contribution in [-0.2, 0) is 40.0 Å². The number of amides is 3. The van der Waals surface area contributed by atoms with Crippen LogP contribution in [0, 0.1) is 0 Å². The number of nitrogens with two attached hydrogens (primary N) is 1. The van der Waals surface area contributed by atoms with E-state index in [-0.39, 0.29) is 47.9 Å². The molecule has 2 aromatic heterocycles. The monoisotopic (exact) mass is 741 g/mol.